The first-order valence-electron chi connectivity index (χ1n) is 9.70. The van der Waals surface area contributed by atoms with Gasteiger partial charge < -0.3 is 14.2 Å². The second-order valence-electron chi connectivity index (χ2n) is 7.02. The molecule has 0 bridgehead atoms. The molecule has 1 unspecified atom stereocenters. The quantitative estimate of drug-likeness (QED) is 0.402. The number of rotatable bonds is 5. The van der Waals surface area contributed by atoms with Gasteiger partial charge in [-0.05, 0) is 78.7 Å². The minimum Gasteiger partial charge on any atom is -0.459 e. The van der Waals surface area contributed by atoms with Crippen LogP contribution in [0.15, 0.2) is 69.7 Å². The van der Waals surface area contributed by atoms with Crippen molar-refractivity contribution in [3.8, 4) is 11.5 Å². The number of furan rings is 1. The molecule has 1 atom stereocenters. The summed E-state index contributed by atoms with van der Waals surface area (Å²) >= 11 is 5.18. The summed E-state index contributed by atoms with van der Waals surface area (Å²) in [4.78, 5) is 16.6. The maximum atomic E-state index is 12.0. The van der Waals surface area contributed by atoms with Crippen molar-refractivity contribution in [1.29, 1.82) is 0 Å². The molecule has 2 aromatic carbocycles. The van der Waals surface area contributed by atoms with Crippen LogP contribution in [0.4, 0.5) is 5.69 Å². The molecule has 0 spiro atoms. The Balaban J connectivity index is 1.45. The second kappa shape index (κ2) is 8.51. The maximum absolute atomic E-state index is 12.0. The van der Waals surface area contributed by atoms with Gasteiger partial charge in [0, 0.05) is 11.3 Å². The molecule has 2 heterocycles. The molecule has 4 rings (SSSR count). The average molecular weight is 420 g/mol. The van der Waals surface area contributed by atoms with E-state index in [1.807, 2.05) is 30.3 Å². The number of aromatic nitrogens is 1. The van der Waals surface area contributed by atoms with Gasteiger partial charge in [-0.2, -0.15) is 0 Å². The number of thiocarbonyl (C=S) groups is 1. The lowest BCUT2D eigenvalue weighted by Gasteiger charge is -2.08. The van der Waals surface area contributed by atoms with Crippen LogP contribution in [0.3, 0.4) is 0 Å². The summed E-state index contributed by atoms with van der Waals surface area (Å²) in [6.45, 7) is 4.38. The van der Waals surface area contributed by atoms with Crippen LogP contribution in [0.5, 0.6) is 0 Å². The number of anilines is 1. The molecule has 0 radical (unpaired) electrons. The van der Waals surface area contributed by atoms with Crippen molar-refractivity contribution < 1.29 is 13.6 Å². The summed E-state index contributed by atoms with van der Waals surface area (Å²) in [5.41, 5.74) is 4.47. The van der Waals surface area contributed by atoms with Gasteiger partial charge >= 0.3 is 0 Å². The topological polar surface area (TPSA) is 80.3 Å². The Morgan fingerprint density at radius 3 is 2.67 bits per heavy atom. The van der Waals surface area contributed by atoms with Crippen molar-refractivity contribution in [2.45, 2.75) is 26.2 Å². The molecule has 152 valence electrons. The number of carbonyl (C=O) groups excluding carboxylic acids is 1. The van der Waals surface area contributed by atoms with Crippen molar-refractivity contribution >= 4 is 40.0 Å². The largest absolute Gasteiger partial charge is 0.459 e. The van der Waals surface area contributed by atoms with E-state index in [1.165, 1.54) is 11.8 Å². The molecule has 0 saturated carbocycles. The van der Waals surface area contributed by atoms with Gasteiger partial charge in [0.1, 0.15) is 5.52 Å². The van der Waals surface area contributed by atoms with Gasteiger partial charge in [-0.15, -0.1) is 0 Å². The summed E-state index contributed by atoms with van der Waals surface area (Å²) in [5.74, 6) is 0.836. The lowest BCUT2D eigenvalue weighted by molar-refractivity contribution is 0.0950. The number of benzene rings is 2. The number of nitrogens with zero attached hydrogens (tertiary/aromatic N) is 1. The van der Waals surface area contributed by atoms with Gasteiger partial charge in [0.05, 0.1) is 6.26 Å². The third-order valence-corrected chi connectivity index (χ3v) is 5.16. The first-order chi connectivity index (χ1) is 14.5. The molecule has 4 aromatic rings. The van der Waals surface area contributed by atoms with Crippen molar-refractivity contribution in [3.63, 3.8) is 0 Å². The van der Waals surface area contributed by atoms with E-state index in [-0.39, 0.29) is 10.9 Å². The van der Waals surface area contributed by atoms with Gasteiger partial charge in [0.15, 0.2) is 16.5 Å². The molecule has 0 aliphatic heterocycles. The molecule has 2 N–H and O–H groups in total. The Labute approximate surface area is 179 Å². The predicted molar refractivity (Wildman–Crippen MR) is 121 cm³/mol. The third-order valence-electron chi connectivity index (χ3n) is 4.95. The van der Waals surface area contributed by atoms with E-state index >= 15 is 0 Å². The fraction of sp³-hybridized carbons (Fsp3) is 0.174. The van der Waals surface area contributed by atoms with Gasteiger partial charge in [0.25, 0.3) is 5.91 Å². The molecular weight excluding hydrogens is 398 g/mol. The number of fused-ring (bicyclic) bond motifs is 1. The summed E-state index contributed by atoms with van der Waals surface area (Å²) in [7, 11) is 0. The fourth-order valence-corrected chi connectivity index (χ4v) is 3.25. The molecule has 30 heavy (non-hydrogen) atoms. The van der Waals surface area contributed by atoms with Gasteiger partial charge in [0.2, 0.25) is 5.89 Å². The smallest absolute Gasteiger partial charge is 0.293 e. The summed E-state index contributed by atoms with van der Waals surface area (Å²) in [5, 5.41) is 5.73. The Bertz CT molecular complexity index is 1180. The minimum atomic E-state index is -0.405. The van der Waals surface area contributed by atoms with Crippen molar-refractivity contribution in [3.05, 3.63) is 72.2 Å². The standard InChI is InChI=1S/C23H21N3O3S/c1-3-14(2)16-8-11-19-18(13-16)25-22(29-19)15-6-9-17(10-7-15)24-23(30)26-21(27)20-5-4-12-28-20/h4-14H,3H2,1-2H3,(H2,24,26,27,30). The average Bonchev–Trinajstić information content (AvgIpc) is 3.43. The zero-order valence-electron chi connectivity index (χ0n) is 16.6. The molecule has 0 aliphatic carbocycles. The number of hydrogen-bond acceptors (Lipinski definition) is 5. The zero-order valence-corrected chi connectivity index (χ0v) is 17.5. The predicted octanol–water partition coefficient (Wildman–Crippen LogP) is 5.73. The van der Waals surface area contributed by atoms with E-state index in [1.54, 1.807) is 12.1 Å². The molecule has 0 saturated heterocycles. The van der Waals surface area contributed by atoms with E-state index in [9.17, 15) is 4.79 Å². The lowest BCUT2D eigenvalue weighted by Crippen LogP contribution is -2.33. The highest BCUT2D eigenvalue weighted by Gasteiger charge is 2.12. The van der Waals surface area contributed by atoms with Crippen molar-refractivity contribution in [2.75, 3.05) is 5.32 Å². The number of oxazole rings is 1. The van der Waals surface area contributed by atoms with E-state index in [2.05, 4.69) is 41.6 Å². The second-order valence-corrected chi connectivity index (χ2v) is 7.43. The molecule has 2 aromatic heterocycles. The van der Waals surface area contributed by atoms with Crippen LogP contribution in [-0.4, -0.2) is 16.0 Å². The van der Waals surface area contributed by atoms with Crippen molar-refractivity contribution in [2.24, 2.45) is 0 Å². The monoisotopic (exact) mass is 419 g/mol. The van der Waals surface area contributed by atoms with Crippen LogP contribution in [-0.2, 0) is 0 Å². The highest BCUT2D eigenvalue weighted by atomic mass is 32.1. The Kier molecular flexibility index (Phi) is 5.63. The van der Waals surface area contributed by atoms with Gasteiger partial charge in [-0.1, -0.05) is 19.9 Å². The fourth-order valence-electron chi connectivity index (χ4n) is 3.04. The van der Waals surface area contributed by atoms with Crippen LogP contribution in [0, 0.1) is 0 Å². The molecule has 7 heteroatoms. The van der Waals surface area contributed by atoms with E-state index < -0.39 is 5.91 Å². The molecular formula is C23H21N3O3S. The minimum absolute atomic E-state index is 0.184. The summed E-state index contributed by atoms with van der Waals surface area (Å²) in [6.07, 6.45) is 2.51. The lowest BCUT2D eigenvalue weighted by atomic mass is 9.98. The summed E-state index contributed by atoms with van der Waals surface area (Å²) in [6, 6.07) is 16.8. The molecule has 0 aliphatic rings. The normalized spacial score (nSPS) is 11.9. The number of carbonyl (C=O) groups is 1. The Hall–Kier alpha value is -3.45. The van der Waals surface area contributed by atoms with E-state index in [0.717, 1.165) is 28.8 Å². The Morgan fingerprint density at radius 1 is 1.17 bits per heavy atom. The van der Waals surface area contributed by atoms with Crippen LogP contribution in [0.25, 0.3) is 22.6 Å². The molecule has 6 nitrogen and oxygen atoms in total. The maximum Gasteiger partial charge on any atom is 0.293 e. The number of amides is 1. The van der Waals surface area contributed by atoms with E-state index in [0.29, 0.717) is 11.8 Å². The highest BCUT2D eigenvalue weighted by Crippen LogP contribution is 2.28. The van der Waals surface area contributed by atoms with Crippen LogP contribution < -0.4 is 10.6 Å². The summed E-state index contributed by atoms with van der Waals surface area (Å²) < 4.78 is 11.0. The van der Waals surface area contributed by atoms with Gasteiger partial charge in [-0.25, -0.2) is 4.98 Å². The van der Waals surface area contributed by atoms with Crippen LogP contribution >= 0.6 is 12.2 Å². The third kappa shape index (κ3) is 4.26. The highest BCUT2D eigenvalue weighted by molar-refractivity contribution is 7.80. The van der Waals surface area contributed by atoms with Crippen molar-refractivity contribution in [1.82, 2.24) is 10.3 Å². The molecule has 0 fully saturated rings. The first-order valence-corrected chi connectivity index (χ1v) is 10.1. The van der Waals surface area contributed by atoms with E-state index in [4.69, 9.17) is 21.1 Å². The Morgan fingerprint density at radius 2 is 1.97 bits per heavy atom. The molecule has 1 amide bonds. The number of nitrogens with one attached hydrogen (secondary N) is 2. The first kappa shape index (κ1) is 19.8. The van der Waals surface area contributed by atoms with Crippen LogP contribution in [0.1, 0.15) is 42.3 Å². The number of hydrogen-bond donors (Lipinski definition) is 2. The van der Waals surface area contributed by atoms with Gasteiger partial charge in [-0.3, -0.25) is 10.1 Å². The van der Waals surface area contributed by atoms with Crippen LogP contribution in [0.2, 0.25) is 0 Å². The zero-order chi connectivity index (χ0) is 21.1. The SMILES string of the molecule is CCC(C)c1ccc2oc(-c3ccc(NC(=S)NC(=O)c4ccco4)cc3)nc2c1.